The summed E-state index contributed by atoms with van der Waals surface area (Å²) in [5.41, 5.74) is 4.81. The number of anilines is 1. The van der Waals surface area contributed by atoms with Crippen molar-refractivity contribution in [3.8, 4) is 0 Å². The molecule has 150 valence electrons. The van der Waals surface area contributed by atoms with Crippen molar-refractivity contribution >= 4 is 56.1 Å². The number of thiophene rings is 1. The van der Waals surface area contributed by atoms with Gasteiger partial charge in [0.1, 0.15) is 0 Å². The summed E-state index contributed by atoms with van der Waals surface area (Å²) in [4.78, 5) is 1.26. The van der Waals surface area contributed by atoms with Crippen LogP contribution in [-0.2, 0) is 0 Å². The van der Waals surface area contributed by atoms with Crippen LogP contribution in [0.3, 0.4) is 0 Å². The summed E-state index contributed by atoms with van der Waals surface area (Å²) < 4.78 is 1.31. The molecule has 1 heterocycles. The Morgan fingerprint density at radius 1 is 0.710 bits per heavy atom. The quantitative estimate of drug-likeness (QED) is 0.302. The number of rotatable bonds is 5. The van der Waals surface area contributed by atoms with Gasteiger partial charge in [0.05, 0.1) is 0 Å². The first-order chi connectivity index (χ1) is 15.3. The Hall–Kier alpha value is -3.62. The maximum atomic E-state index is 3.42. The van der Waals surface area contributed by atoms with Gasteiger partial charge in [-0.05, 0) is 53.6 Å². The summed E-state index contributed by atoms with van der Waals surface area (Å²) in [5.74, 6) is 0. The third-order valence-corrected chi connectivity index (χ3v) is 6.56. The molecule has 0 saturated heterocycles. The molecule has 0 radical (unpaired) electrons. The Balaban J connectivity index is 1.60. The predicted octanol–water partition coefficient (Wildman–Crippen LogP) is 8.62. The highest BCUT2D eigenvalue weighted by Crippen LogP contribution is 2.38. The second-order valence-electron chi connectivity index (χ2n) is 7.63. The van der Waals surface area contributed by atoms with Gasteiger partial charge in [0.15, 0.2) is 0 Å². The molecule has 31 heavy (non-hydrogen) atoms. The van der Waals surface area contributed by atoms with Crippen molar-refractivity contribution in [2.24, 2.45) is 0 Å². The fourth-order valence-electron chi connectivity index (χ4n) is 3.81. The van der Waals surface area contributed by atoms with Crippen LogP contribution in [0.2, 0.25) is 0 Å². The van der Waals surface area contributed by atoms with Gasteiger partial charge in [0.25, 0.3) is 0 Å². The lowest BCUT2D eigenvalue weighted by atomic mass is 10.0. The van der Waals surface area contributed by atoms with Gasteiger partial charge in [-0.3, -0.25) is 0 Å². The molecule has 1 aromatic heterocycles. The first-order valence-corrected chi connectivity index (χ1v) is 11.3. The Kier molecular flexibility index (Phi) is 5.39. The fourth-order valence-corrected chi connectivity index (χ4v) is 4.92. The van der Waals surface area contributed by atoms with Crippen LogP contribution in [0, 0.1) is 6.92 Å². The highest BCUT2D eigenvalue weighted by Gasteiger charge is 2.11. The molecule has 5 aromatic rings. The number of aryl methyl sites for hydroxylation is 1. The molecule has 0 aliphatic carbocycles. The molecule has 0 bridgehead atoms. The molecule has 0 amide bonds. The maximum absolute atomic E-state index is 3.42. The molecular weight excluding hydrogens is 394 g/mol. The molecule has 5 rings (SSSR count). The van der Waals surface area contributed by atoms with E-state index in [1.165, 1.54) is 42.4 Å². The zero-order valence-corrected chi connectivity index (χ0v) is 18.2. The maximum Gasteiger partial charge on any atom is 0.0379 e. The largest absolute Gasteiger partial charge is 0.362 e. The molecule has 2 heteroatoms. The molecule has 0 spiro atoms. The first-order valence-electron chi connectivity index (χ1n) is 10.4. The Labute approximate surface area is 187 Å². The van der Waals surface area contributed by atoms with Crippen LogP contribution in [0.15, 0.2) is 97.2 Å². The highest BCUT2D eigenvalue weighted by molar-refractivity contribution is 7.20. The van der Waals surface area contributed by atoms with Crippen molar-refractivity contribution in [3.05, 3.63) is 119 Å². The van der Waals surface area contributed by atoms with Gasteiger partial charge in [-0.15, -0.1) is 11.3 Å². The lowest BCUT2D eigenvalue weighted by Crippen LogP contribution is -1.87. The minimum atomic E-state index is 1.09. The van der Waals surface area contributed by atoms with Gasteiger partial charge in [-0.1, -0.05) is 84.4 Å². The smallest absolute Gasteiger partial charge is 0.0379 e. The van der Waals surface area contributed by atoms with Gasteiger partial charge >= 0.3 is 0 Å². The van der Waals surface area contributed by atoms with Crippen LogP contribution in [0.5, 0.6) is 0 Å². The molecular formula is C29H23NS. The normalized spacial score (nSPS) is 11.8. The molecule has 0 atom stereocenters. The minimum absolute atomic E-state index is 1.09. The van der Waals surface area contributed by atoms with Gasteiger partial charge in [-0.25, -0.2) is 0 Å². The van der Waals surface area contributed by atoms with E-state index in [1.807, 2.05) is 23.6 Å². The van der Waals surface area contributed by atoms with E-state index in [0.29, 0.717) is 0 Å². The number of hydrogen-bond acceptors (Lipinski definition) is 2. The van der Waals surface area contributed by atoms with E-state index in [0.717, 1.165) is 5.69 Å². The van der Waals surface area contributed by atoms with Crippen molar-refractivity contribution < 1.29 is 0 Å². The van der Waals surface area contributed by atoms with Crippen LogP contribution in [0.25, 0.3) is 39.1 Å². The minimum Gasteiger partial charge on any atom is -0.362 e. The summed E-state index contributed by atoms with van der Waals surface area (Å²) in [6, 6.07) is 32.0. The van der Waals surface area contributed by atoms with Gasteiger partial charge in [0, 0.05) is 32.4 Å². The SMILES string of the molecule is Cc1ccc(N/C=C/c2c(/C=C\c3ccccc3)sc3ccc4ccccc4c23)cc1. The number of fused-ring (bicyclic) bond motifs is 3. The molecule has 4 aromatic carbocycles. The monoisotopic (exact) mass is 417 g/mol. The lowest BCUT2D eigenvalue weighted by molar-refractivity contribution is 1.46. The summed E-state index contributed by atoms with van der Waals surface area (Å²) in [6.45, 7) is 2.10. The zero-order chi connectivity index (χ0) is 21.0. The van der Waals surface area contributed by atoms with Crippen LogP contribution in [0.1, 0.15) is 21.6 Å². The molecule has 0 aliphatic heterocycles. The van der Waals surface area contributed by atoms with E-state index in [2.05, 4.69) is 115 Å². The van der Waals surface area contributed by atoms with Gasteiger partial charge in [0.2, 0.25) is 0 Å². The number of benzene rings is 4. The number of nitrogens with one attached hydrogen (secondary N) is 1. The van der Waals surface area contributed by atoms with E-state index >= 15 is 0 Å². The van der Waals surface area contributed by atoms with E-state index in [1.54, 1.807) is 0 Å². The third-order valence-electron chi connectivity index (χ3n) is 5.42. The van der Waals surface area contributed by atoms with Crippen molar-refractivity contribution in [1.82, 2.24) is 0 Å². The van der Waals surface area contributed by atoms with E-state index in [9.17, 15) is 0 Å². The summed E-state index contributed by atoms with van der Waals surface area (Å²) >= 11 is 1.84. The first kappa shape index (κ1) is 19.3. The summed E-state index contributed by atoms with van der Waals surface area (Å²) in [7, 11) is 0. The summed E-state index contributed by atoms with van der Waals surface area (Å²) in [6.07, 6.45) is 8.68. The number of hydrogen-bond donors (Lipinski definition) is 1. The fraction of sp³-hybridized carbons (Fsp3) is 0.0345. The average Bonchev–Trinajstić information content (AvgIpc) is 3.18. The van der Waals surface area contributed by atoms with Gasteiger partial charge in [-0.2, -0.15) is 0 Å². The van der Waals surface area contributed by atoms with Crippen molar-refractivity contribution in [2.75, 3.05) is 5.32 Å². The van der Waals surface area contributed by atoms with Crippen LogP contribution in [-0.4, -0.2) is 0 Å². The Morgan fingerprint density at radius 2 is 1.48 bits per heavy atom. The van der Waals surface area contributed by atoms with Crippen LogP contribution in [0.4, 0.5) is 5.69 Å². The second kappa shape index (κ2) is 8.63. The average molecular weight is 418 g/mol. The zero-order valence-electron chi connectivity index (χ0n) is 17.4. The highest BCUT2D eigenvalue weighted by atomic mass is 32.1. The molecule has 1 N–H and O–H groups in total. The summed E-state index contributed by atoms with van der Waals surface area (Å²) in [5, 5.41) is 7.31. The standard InChI is InChI=1S/C29H23NS/c1-21-11-15-24(16-12-21)30-20-19-26-27(17-13-22-7-3-2-4-8-22)31-28-18-14-23-9-5-6-10-25(23)29(26)28/h2-20,30H,1H3/b17-13-,20-19+. The molecule has 0 aliphatic rings. The van der Waals surface area contributed by atoms with Crippen molar-refractivity contribution in [3.63, 3.8) is 0 Å². The molecule has 0 saturated carbocycles. The van der Waals surface area contributed by atoms with Crippen molar-refractivity contribution in [1.29, 1.82) is 0 Å². The Bertz CT molecular complexity index is 1390. The topological polar surface area (TPSA) is 12.0 Å². The second-order valence-corrected chi connectivity index (χ2v) is 8.71. The van der Waals surface area contributed by atoms with Crippen LogP contribution >= 0.6 is 11.3 Å². The van der Waals surface area contributed by atoms with Gasteiger partial charge < -0.3 is 5.32 Å². The molecule has 0 unspecified atom stereocenters. The lowest BCUT2D eigenvalue weighted by Gasteiger charge is -2.03. The molecule has 0 fully saturated rings. The Morgan fingerprint density at radius 3 is 2.32 bits per heavy atom. The predicted molar refractivity (Wildman–Crippen MR) is 139 cm³/mol. The van der Waals surface area contributed by atoms with Crippen LogP contribution < -0.4 is 5.32 Å². The van der Waals surface area contributed by atoms with E-state index in [-0.39, 0.29) is 0 Å². The van der Waals surface area contributed by atoms with Crippen molar-refractivity contribution in [2.45, 2.75) is 6.92 Å². The molecule has 1 nitrogen and oxygen atoms in total. The van der Waals surface area contributed by atoms with E-state index in [4.69, 9.17) is 0 Å². The van der Waals surface area contributed by atoms with E-state index < -0.39 is 0 Å². The third kappa shape index (κ3) is 4.16.